The van der Waals surface area contributed by atoms with Crippen LogP contribution in [-0.4, -0.2) is 0 Å². The molecule has 3 unspecified atom stereocenters. The van der Waals surface area contributed by atoms with E-state index in [2.05, 4.69) is 113 Å². The van der Waals surface area contributed by atoms with Crippen LogP contribution >= 0.6 is 0 Å². The lowest BCUT2D eigenvalue weighted by molar-refractivity contribution is 0.142. The van der Waals surface area contributed by atoms with Crippen molar-refractivity contribution in [3.63, 3.8) is 0 Å². The Morgan fingerprint density at radius 1 is 0.944 bits per heavy atom. The number of benzene rings is 1. The van der Waals surface area contributed by atoms with Crippen molar-refractivity contribution in [2.45, 2.75) is 148 Å². The molecular formula is C36H66. The molecular weight excluding hydrogens is 432 g/mol. The van der Waals surface area contributed by atoms with Gasteiger partial charge >= 0.3 is 0 Å². The highest BCUT2D eigenvalue weighted by Crippen LogP contribution is 2.54. The Balaban J connectivity index is 0. The van der Waals surface area contributed by atoms with Gasteiger partial charge in [-0.05, 0) is 84.8 Å². The molecule has 2 rings (SSSR count). The second-order valence-electron chi connectivity index (χ2n) is 12.3. The molecule has 0 heterocycles. The van der Waals surface area contributed by atoms with E-state index in [9.17, 15) is 0 Å². The zero-order valence-electron chi connectivity index (χ0n) is 27.4. The van der Waals surface area contributed by atoms with Gasteiger partial charge in [0.15, 0.2) is 0 Å². The van der Waals surface area contributed by atoms with Gasteiger partial charge in [0.05, 0.1) is 0 Å². The van der Waals surface area contributed by atoms with Gasteiger partial charge in [-0.1, -0.05) is 145 Å². The Kier molecular flexibility index (Phi) is 19.3. The third-order valence-electron chi connectivity index (χ3n) is 6.93. The van der Waals surface area contributed by atoms with E-state index < -0.39 is 0 Å². The maximum absolute atomic E-state index is 2.55. The zero-order valence-corrected chi connectivity index (χ0v) is 27.4. The van der Waals surface area contributed by atoms with E-state index >= 15 is 0 Å². The standard InChI is InChI=1S/C29H46.C3H8.2C2H6/c1-10-13-22(11-2)15-12-14-21(3)18-23-16-17-25-24(19-23)20-26(28(4,5)6)27(25)29(7,8)9;1-3-2;2*1-2/h10-11,13,16-17,19,21,26-27H,12,14-15,18,20H2,1-9H3;3H2,1-2H3;2*1-2H3/b13-10-,22-11+;;;. The summed E-state index contributed by atoms with van der Waals surface area (Å²) in [5.74, 6) is 2.14. The first-order valence-electron chi connectivity index (χ1n) is 15.3. The summed E-state index contributed by atoms with van der Waals surface area (Å²) in [5.41, 5.74) is 6.92. The van der Waals surface area contributed by atoms with Crippen molar-refractivity contribution in [2.75, 3.05) is 0 Å². The van der Waals surface area contributed by atoms with Crippen molar-refractivity contribution >= 4 is 0 Å². The van der Waals surface area contributed by atoms with Gasteiger partial charge < -0.3 is 0 Å². The Hall–Kier alpha value is -1.30. The summed E-state index contributed by atoms with van der Waals surface area (Å²) >= 11 is 0. The smallest absolute Gasteiger partial charge is 0.00740 e. The molecule has 0 fully saturated rings. The Morgan fingerprint density at radius 2 is 1.50 bits per heavy atom. The van der Waals surface area contributed by atoms with Gasteiger partial charge in [-0.3, -0.25) is 0 Å². The molecule has 1 aromatic rings. The van der Waals surface area contributed by atoms with Gasteiger partial charge in [0.1, 0.15) is 0 Å². The normalized spacial score (nSPS) is 18.2. The molecule has 0 amide bonds. The minimum atomic E-state index is 0.315. The van der Waals surface area contributed by atoms with Crippen LogP contribution in [-0.2, 0) is 12.8 Å². The summed E-state index contributed by atoms with van der Waals surface area (Å²) in [6.45, 7) is 33.5. The largest absolute Gasteiger partial charge is 0.0874 e. The van der Waals surface area contributed by atoms with E-state index in [1.54, 1.807) is 11.1 Å². The lowest BCUT2D eigenvalue weighted by Crippen LogP contribution is -2.31. The first kappa shape index (κ1) is 36.9. The summed E-state index contributed by atoms with van der Waals surface area (Å²) in [4.78, 5) is 0. The first-order chi connectivity index (χ1) is 16.9. The highest BCUT2D eigenvalue weighted by Gasteiger charge is 2.44. The molecule has 0 saturated heterocycles. The summed E-state index contributed by atoms with van der Waals surface area (Å²) in [7, 11) is 0. The van der Waals surface area contributed by atoms with Crippen molar-refractivity contribution in [3.8, 4) is 0 Å². The van der Waals surface area contributed by atoms with E-state index in [1.165, 1.54) is 49.7 Å². The summed E-state index contributed by atoms with van der Waals surface area (Å²) < 4.78 is 0. The van der Waals surface area contributed by atoms with Gasteiger partial charge in [-0.25, -0.2) is 0 Å². The van der Waals surface area contributed by atoms with E-state index in [0.29, 0.717) is 16.7 Å². The summed E-state index contributed by atoms with van der Waals surface area (Å²) in [6.07, 6.45) is 14.2. The van der Waals surface area contributed by atoms with E-state index in [-0.39, 0.29) is 0 Å². The van der Waals surface area contributed by atoms with Crippen LogP contribution in [0.15, 0.2) is 42.0 Å². The Morgan fingerprint density at radius 3 is 1.94 bits per heavy atom. The van der Waals surface area contributed by atoms with E-state index in [1.807, 2.05) is 27.7 Å². The lowest BCUT2D eigenvalue weighted by atomic mass is 9.65. The molecule has 0 saturated carbocycles. The Labute approximate surface area is 229 Å². The SMILES string of the molecule is C/C=C\C(=C/C)CCCC(C)Cc1ccc2c(c1)CC(C(C)(C)C)C2C(C)(C)C.CC.CC.CCC. The molecule has 1 aromatic carbocycles. The van der Waals surface area contributed by atoms with Crippen LogP contribution in [0.5, 0.6) is 0 Å². The molecule has 0 bridgehead atoms. The fourth-order valence-electron chi connectivity index (χ4n) is 5.41. The van der Waals surface area contributed by atoms with Gasteiger partial charge in [-0.2, -0.15) is 0 Å². The average Bonchev–Trinajstić information content (AvgIpc) is 3.22. The highest BCUT2D eigenvalue weighted by molar-refractivity contribution is 5.41. The van der Waals surface area contributed by atoms with Crippen LogP contribution in [0.2, 0.25) is 0 Å². The fourth-order valence-corrected chi connectivity index (χ4v) is 5.41. The molecule has 0 radical (unpaired) electrons. The van der Waals surface area contributed by atoms with Crippen LogP contribution in [0.3, 0.4) is 0 Å². The molecule has 3 atom stereocenters. The minimum Gasteiger partial charge on any atom is -0.0874 e. The van der Waals surface area contributed by atoms with Gasteiger partial charge in [0.25, 0.3) is 0 Å². The summed E-state index contributed by atoms with van der Waals surface area (Å²) in [5, 5.41) is 0. The van der Waals surface area contributed by atoms with Crippen molar-refractivity contribution in [3.05, 3.63) is 58.7 Å². The molecule has 210 valence electrons. The highest BCUT2D eigenvalue weighted by atomic mass is 14.5. The summed E-state index contributed by atoms with van der Waals surface area (Å²) in [6, 6.07) is 7.45. The predicted molar refractivity (Wildman–Crippen MR) is 169 cm³/mol. The van der Waals surface area contributed by atoms with E-state index in [4.69, 9.17) is 0 Å². The van der Waals surface area contributed by atoms with Crippen LogP contribution in [0, 0.1) is 22.7 Å². The van der Waals surface area contributed by atoms with Crippen LogP contribution in [0.4, 0.5) is 0 Å². The lowest BCUT2D eigenvalue weighted by Gasteiger charge is -2.40. The molecule has 0 aliphatic heterocycles. The van der Waals surface area contributed by atoms with Crippen LogP contribution < -0.4 is 0 Å². The Bertz CT molecular complexity index is 732. The van der Waals surface area contributed by atoms with Crippen molar-refractivity contribution in [2.24, 2.45) is 22.7 Å². The number of rotatable bonds is 7. The molecule has 1 aliphatic rings. The first-order valence-corrected chi connectivity index (χ1v) is 15.3. The number of fused-ring (bicyclic) bond motifs is 1. The number of hydrogen-bond donors (Lipinski definition) is 0. The second kappa shape index (κ2) is 18.9. The molecule has 0 N–H and O–H groups in total. The topological polar surface area (TPSA) is 0 Å². The van der Waals surface area contributed by atoms with Crippen LogP contribution in [0.1, 0.15) is 152 Å². The maximum Gasteiger partial charge on any atom is -0.00740 e. The second-order valence-corrected chi connectivity index (χ2v) is 12.3. The maximum atomic E-state index is 2.55. The van der Waals surface area contributed by atoms with Gasteiger partial charge in [0.2, 0.25) is 0 Å². The van der Waals surface area contributed by atoms with Gasteiger partial charge in [0, 0.05) is 0 Å². The quantitative estimate of drug-likeness (QED) is 0.328. The molecule has 36 heavy (non-hydrogen) atoms. The van der Waals surface area contributed by atoms with Crippen molar-refractivity contribution in [1.82, 2.24) is 0 Å². The fraction of sp³-hybridized carbons (Fsp3) is 0.722. The molecule has 0 aromatic heterocycles. The molecule has 0 heteroatoms. The third kappa shape index (κ3) is 12.8. The van der Waals surface area contributed by atoms with Crippen LogP contribution in [0.25, 0.3) is 0 Å². The molecule has 1 aliphatic carbocycles. The van der Waals surface area contributed by atoms with Crippen molar-refractivity contribution < 1.29 is 0 Å². The van der Waals surface area contributed by atoms with Crippen molar-refractivity contribution in [1.29, 1.82) is 0 Å². The average molecular weight is 499 g/mol. The number of hydrogen-bond acceptors (Lipinski definition) is 0. The monoisotopic (exact) mass is 499 g/mol. The van der Waals surface area contributed by atoms with E-state index in [0.717, 1.165) is 11.8 Å². The van der Waals surface area contributed by atoms with Gasteiger partial charge in [-0.15, -0.1) is 0 Å². The number of allylic oxidation sites excluding steroid dienone is 4. The molecule has 0 spiro atoms. The molecule has 0 nitrogen and oxygen atoms in total. The predicted octanol–water partition coefficient (Wildman–Crippen LogP) is 12.4. The zero-order chi connectivity index (χ0) is 28.5. The minimum absolute atomic E-state index is 0.315. The third-order valence-corrected chi connectivity index (χ3v) is 6.93.